The van der Waals surface area contributed by atoms with Gasteiger partial charge in [-0.3, -0.25) is 9.69 Å². The van der Waals surface area contributed by atoms with Crippen LogP contribution >= 0.6 is 0 Å². The predicted octanol–water partition coefficient (Wildman–Crippen LogP) is 1.99. The molecule has 1 fully saturated rings. The summed E-state index contributed by atoms with van der Waals surface area (Å²) in [6, 6.07) is -0.501. The van der Waals surface area contributed by atoms with E-state index in [1.165, 1.54) is 9.80 Å². The highest BCUT2D eigenvalue weighted by atomic mass is 16.6. The summed E-state index contributed by atoms with van der Waals surface area (Å²) < 4.78 is 10.5. The molecule has 1 aromatic rings. The number of aryl methyl sites for hydroxylation is 1. The van der Waals surface area contributed by atoms with Crippen LogP contribution < -0.4 is 0 Å². The summed E-state index contributed by atoms with van der Waals surface area (Å²) >= 11 is 0. The maximum atomic E-state index is 12.7. The largest absolute Gasteiger partial charge is 0.444 e. The van der Waals surface area contributed by atoms with Crippen LogP contribution in [0.5, 0.6) is 0 Å². The van der Waals surface area contributed by atoms with E-state index in [2.05, 4.69) is 10.1 Å². The van der Waals surface area contributed by atoms with Crippen molar-refractivity contribution < 1.29 is 18.8 Å². The quantitative estimate of drug-likeness (QED) is 0.834. The Bertz CT molecular complexity index is 593. The SMILES string of the molecule is CCc1noc(CN(C)C(=O)[C@H]2CCCN2C(=O)OC(C)(C)C)n1. The van der Waals surface area contributed by atoms with E-state index in [1.807, 2.05) is 27.7 Å². The van der Waals surface area contributed by atoms with Gasteiger partial charge in [0, 0.05) is 20.0 Å². The van der Waals surface area contributed by atoms with Crippen LogP contribution in [0.1, 0.15) is 52.3 Å². The lowest BCUT2D eigenvalue weighted by Crippen LogP contribution is -2.47. The van der Waals surface area contributed by atoms with E-state index in [0.717, 1.165) is 6.42 Å². The van der Waals surface area contributed by atoms with Gasteiger partial charge in [0.15, 0.2) is 5.82 Å². The Hall–Kier alpha value is -2.12. The lowest BCUT2D eigenvalue weighted by atomic mass is 10.2. The number of likely N-dealkylation sites (tertiary alicyclic amines) is 1. The molecule has 0 spiro atoms. The van der Waals surface area contributed by atoms with Crippen LogP contribution in [0, 0.1) is 0 Å². The number of ether oxygens (including phenoxy) is 1. The van der Waals surface area contributed by atoms with Crippen molar-refractivity contribution in [2.45, 2.75) is 65.1 Å². The molecule has 0 aliphatic carbocycles. The Morgan fingerprint density at radius 2 is 2.12 bits per heavy atom. The molecule has 2 amide bonds. The average Bonchev–Trinajstić information content (AvgIpc) is 3.13. The molecule has 0 saturated carbocycles. The summed E-state index contributed by atoms with van der Waals surface area (Å²) in [7, 11) is 1.67. The third kappa shape index (κ3) is 4.46. The van der Waals surface area contributed by atoms with Crippen molar-refractivity contribution in [3.8, 4) is 0 Å². The molecule has 0 unspecified atom stereocenters. The van der Waals surface area contributed by atoms with E-state index >= 15 is 0 Å². The van der Waals surface area contributed by atoms with E-state index < -0.39 is 17.7 Å². The minimum atomic E-state index is -0.584. The maximum Gasteiger partial charge on any atom is 0.410 e. The highest BCUT2D eigenvalue weighted by Crippen LogP contribution is 2.22. The Morgan fingerprint density at radius 3 is 2.71 bits per heavy atom. The summed E-state index contributed by atoms with van der Waals surface area (Å²) in [4.78, 5) is 32.2. The van der Waals surface area contributed by atoms with Crippen molar-refractivity contribution in [3.63, 3.8) is 0 Å². The van der Waals surface area contributed by atoms with Crippen LogP contribution in [0.3, 0.4) is 0 Å². The highest BCUT2D eigenvalue weighted by molar-refractivity contribution is 5.86. The molecule has 134 valence electrons. The zero-order chi connectivity index (χ0) is 17.9. The van der Waals surface area contributed by atoms with Gasteiger partial charge in [-0.1, -0.05) is 12.1 Å². The minimum Gasteiger partial charge on any atom is -0.444 e. The second-order valence-electron chi connectivity index (χ2n) is 6.98. The van der Waals surface area contributed by atoms with Gasteiger partial charge in [-0.2, -0.15) is 4.98 Å². The summed E-state index contributed by atoms with van der Waals surface area (Å²) in [5.41, 5.74) is -0.584. The zero-order valence-corrected chi connectivity index (χ0v) is 15.0. The number of hydrogen-bond donors (Lipinski definition) is 0. The number of aromatic nitrogens is 2. The zero-order valence-electron chi connectivity index (χ0n) is 15.0. The van der Waals surface area contributed by atoms with Gasteiger partial charge in [0.1, 0.15) is 11.6 Å². The molecule has 1 aliphatic rings. The van der Waals surface area contributed by atoms with Gasteiger partial charge in [-0.25, -0.2) is 4.79 Å². The van der Waals surface area contributed by atoms with Crippen LogP contribution in [-0.4, -0.2) is 57.2 Å². The Labute approximate surface area is 142 Å². The van der Waals surface area contributed by atoms with Gasteiger partial charge in [-0.05, 0) is 33.6 Å². The summed E-state index contributed by atoms with van der Waals surface area (Å²) in [5.74, 6) is 0.862. The number of amides is 2. The van der Waals surface area contributed by atoms with Gasteiger partial charge in [0.2, 0.25) is 11.8 Å². The third-order valence-electron chi connectivity index (χ3n) is 3.74. The normalized spacial score (nSPS) is 17.9. The molecular formula is C16H26N4O4. The number of rotatable bonds is 4. The van der Waals surface area contributed by atoms with Crippen molar-refractivity contribution in [1.82, 2.24) is 19.9 Å². The monoisotopic (exact) mass is 338 g/mol. The van der Waals surface area contributed by atoms with Gasteiger partial charge >= 0.3 is 6.09 Å². The van der Waals surface area contributed by atoms with Gasteiger partial charge in [-0.15, -0.1) is 0 Å². The highest BCUT2D eigenvalue weighted by Gasteiger charge is 2.38. The fourth-order valence-corrected chi connectivity index (χ4v) is 2.60. The van der Waals surface area contributed by atoms with Crippen molar-refractivity contribution in [1.29, 1.82) is 0 Å². The van der Waals surface area contributed by atoms with Crippen LogP contribution in [0.15, 0.2) is 4.52 Å². The summed E-state index contributed by atoms with van der Waals surface area (Å²) in [5, 5.41) is 3.82. The first-order valence-electron chi connectivity index (χ1n) is 8.27. The van der Waals surface area contributed by atoms with Crippen molar-refractivity contribution >= 4 is 12.0 Å². The van der Waals surface area contributed by atoms with E-state index in [0.29, 0.717) is 31.1 Å². The van der Waals surface area contributed by atoms with E-state index in [4.69, 9.17) is 9.26 Å². The molecule has 0 N–H and O–H groups in total. The third-order valence-corrected chi connectivity index (χ3v) is 3.74. The number of hydrogen-bond acceptors (Lipinski definition) is 6. The van der Waals surface area contributed by atoms with Crippen LogP contribution in [0.25, 0.3) is 0 Å². The molecule has 2 rings (SSSR count). The van der Waals surface area contributed by atoms with Crippen molar-refractivity contribution in [3.05, 3.63) is 11.7 Å². The molecule has 24 heavy (non-hydrogen) atoms. The number of carbonyl (C=O) groups is 2. The Morgan fingerprint density at radius 1 is 1.42 bits per heavy atom. The number of nitrogens with zero attached hydrogens (tertiary/aromatic N) is 4. The molecule has 1 aromatic heterocycles. The first-order chi connectivity index (χ1) is 11.2. The fourth-order valence-electron chi connectivity index (χ4n) is 2.60. The number of carbonyl (C=O) groups excluding carboxylic acids is 2. The molecule has 2 heterocycles. The molecule has 1 atom stereocenters. The lowest BCUT2D eigenvalue weighted by molar-refractivity contribution is -0.135. The molecule has 1 saturated heterocycles. The van der Waals surface area contributed by atoms with Crippen molar-refractivity contribution in [2.24, 2.45) is 0 Å². The van der Waals surface area contributed by atoms with E-state index in [9.17, 15) is 9.59 Å². The molecule has 8 heteroatoms. The van der Waals surface area contributed by atoms with Crippen LogP contribution in [0.4, 0.5) is 4.79 Å². The minimum absolute atomic E-state index is 0.144. The molecule has 1 aliphatic heterocycles. The van der Waals surface area contributed by atoms with Gasteiger partial charge in [0.05, 0.1) is 6.54 Å². The fraction of sp³-hybridized carbons (Fsp3) is 0.750. The summed E-state index contributed by atoms with van der Waals surface area (Å²) in [6.07, 6.45) is 1.64. The average molecular weight is 338 g/mol. The van der Waals surface area contributed by atoms with E-state index in [-0.39, 0.29) is 12.5 Å². The summed E-state index contributed by atoms with van der Waals surface area (Å²) in [6.45, 7) is 8.12. The molecule has 0 aromatic carbocycles. The van der Waals surface area contributed by atoms with Gasteiger partial charge in [0.25, 0.3) is 0 Å². The van der Waals surface area contributed by atoms with E-state index in [1.54, 1.807) is 7.05 Å². The Balaban J connectivity index is 2.00. The first kappa shape index (κ1) is 18.2. The van der Waals surface area contributed by atoms with Crippen LogP contribution in [-0.2, 0) is 22.5 Å². The number of likely N-dealkylation sites (N-methyl/N-ethyl adjacent to an activating group) is 1. The van der Waals surface area contributed by atoms with Crippen LogP contribution in [0.2, 0.25) is 0 Å². The second kappa shape index (κ2) is 7.19. The van der Waals surface area contributed by atoms with Gasteiger partial charge < -0.3 is 14.2 Å². The van der Waals surface area contributed by atoms with Crippen molar-refractivity contribution in [2.75, 3.05) is 13.6 Å². The topological polar surface area (TPSA) is 88.8 Å². The second-order valence-corrected chi connectivity index (χ2v) is 6.98. The maximum absolute atomic E-state index is 12.7. The molecular weight excluding hydrogens is 312 g/mol. The first-order valence-corrected chi connectivity index (χ1v) is 8.27. The predicted molar refractivity (Wildman–Crippen MR) is 86.1 cm³/mol. The molecule has 0 bridgehead atoms. The molecule has 0 radical (unpaired) electrons. The standard InChI is InChI=1S/C16H26N4O4/c1-6-12-17-13(24-18-12)10-19(5)14(21)11-8-7-9-20(11)15(22)23-16(2,3)4/h11H,6-10H2,1-5H3/t11-/m1/s1. The Kier molecular flexibility index (Phi) is 5.46. The lowest BCUT2D eigenvalue weighted by Gasteiger charge is -2.29. The smallest absolute Gasteiger partial charge is 0.410 e. The molecule has 8 nitrogen and oxygen atoms in total.